The van der Waals surface area contributed by atoms with Gasteiger partial charge in [0.2, 0.25) is 5.82 Å². The summed E-state index contributed by atoms with van der Waals surface area (Å²) in [5.74, 6) is -0.831. The standard InChI is InChI=1S/C15H10FN3O2/c16-11-7-3-1-5-9(11)13-10-6-2-4-8-12(10)17-15(20)14(18-13)19-21/h1-8,21H,(H,17,18,19,20). The molecule has 2 N–H and O–H groups in total. The number of fused-ring (bicyclic) bond motifs is 1. The lowest BCUT2D eigenvalue weighted by Crippen LogP contribution is -2.10. The topological polar surface area (TPSA) is 75.1 Å². The smallest absolute Gasteiger partial charge is 0.290 e. The number of hydrogen-bond donors (Lipinski definition) is 2. The minimum absolute atomic E-state index is 0.225. The Morgan fingerprint density at radius 1 is 1.00 bits per heavy atom. The number of halogens is 1. The van der Waals surface area contributed by atoms with Crippen LogP contribution in [0.1, 0.15) is 0 Å². The molecule has 0 radical (unpaired) electrons. The summed E-state index contributed by atoms with van der Waals surface area (Å²) in [6.07, 6.45) is 0. The van der Waals surface area contributed by atoms with Crippen molar-refractivity contribution in [2.24, 2.45) is 0 Å². The first-order valence-corrected chi connectivity index (χ1v) is 6.17. The Labute approximate surface area is 118 Å². The maximum Gasteiger partial charge on any atom is 0.315 e. The van der Waals surface area contributed by atoms with Crippen molar-refractivity contribution in [1.29, 1.82) is 0 Å². The van der Waals surface area contributed by atoms with Gasteiger partial charge < -0.3 is 0 Å². The number of nitrogens with zero attached hydrogens (tertiary/aromatic N) is 2. The Balaban J connectivity index is 2.49. The van der Waals surface area contributed by atoms with E-state index in [1.54, 1.807) is 47.9 Å². The van der Waals surface area contributed by atoms with Crippen molar-refractivity contribution in [3.8, 4) is 11.3 Å². The normalized spacial score (nSPS) is 10.6. The molecule has 0 atom stereocenters. The van der Waals surface area contributed by atoms with Gasteiger partial charge >= 0.3 is 5.56 Å². The van der Waals surface area contributed by atoms with E-state index < -0.39 is 11.4 Å². The number of para-hydroxylation sites is 1. The third-order valence-electron chi connectivity index (χ3n) is 3.04. The lowest BCUT2D eigenvalue weighted by molar-refractivity contribution is 0.385. The van der Waals surface area contributed by atoms with Crippen LogP contribution in [0.3, 0.4) is 0 Å². The second kappa shape index (κ2) is 5.26. The molecule has 0 aliphatic rings. The molecule has 104 valence electrons. The molecule has 21 heavy (non-hydrogen) atoms. The number of aromatic nitrogens is 2. The zero-order chi connectivity index (χ0) is 14.8. The molecule has 0 aliphatic carbocycles. The van der Waals surface area contributed by atoms with Gasteiger partial charge in [0, 0.05) is 10.9 Å². The van der Waals surface area contributed by atoms with Gasteiger partial charge in [-0.25, -0.2) is 19.8 Å². The van der Waals surface area contributed by atoms with Crippen LogP contribution in [-0.4, -0.2) is 15.2 Å². The second-order valence-electron chi connectivity index (χ2n) is 4.33. The first-order chi connectivity index (χ1) is 10.2. The lowest BCUT2D eigenvalue weighted by Gasteiger charge is -2.03. The Morgan fingerprint density at radius 3 is 2.48 bits per heavy atom. The first kappa shape index (κ1) is 13.1. The Kier molecular flexibility index (Phi) is 3.29. The second-order valence-corrected chi connectivity index (χ2v) is 4.33. The summed E-state index contributed by atoms with van der Waals surface area (Å²) >= 11 is 0. The fourth-order valence-corrected chi connectivity index (χ4v) is 2.08. The Hall–Kier alpha value is -2.86. The van der Waals surface area contributed by atoms with Gasteiger partial charge in [-0.05, 0) is 18.2 Å². The van der Waals surface area contributed by atoms with Crippen molar-refractivity contribution in [3.63, 3.8) is 0 Å². The molecule has 0 saturated heterocycles. The summed E-state index contributed by atoms with van der Waals surface area (Å²) < 4.78 is 14.0. The molecule has 3 rings (SSSR count). The van der Waals surface area contributed by atoms with Gasteiger partial charge in [-0.1, -0.05) is 30.3 Å². The van der Waals surface area contributed by atoms with Gasteiger partial charge in [0.25, 0.3) is 0 Å². The van der Waals surface area contributed by atoms with Crippen LogP contribution in [0.25, 0.3) is 22.2 Å². The third kappa shape index (κ3) is 2.32. The molecule has 0 fully saturated rings. The third-order valence-corrected chi connectivity index (χ3v) is 3.04. The zero-order valence-electron chi connectivity index (χ0n) is 10.7. The lowest BCUT2D eigenvalue weighted by atomic mass is 10.1. The molecular weight excluding hydrogens is 273 g/mol. The van der Waals surface area contributed by atoms with Gasteiger partial charge in [-0.2, -0.15) is 0 Å². The van der Waals surface area contributed by atoms with Crippen molar-refractivity contribution in [1.82, 2.24) is 9.97 Å². The highest BCUT2D eigenvalue weighted by molar-refractivity contribution is 5.92. The van der Waals surface area contributed by atoms with Crippen molar-refractivity contribution in [2.45, 2.75) is 0 Å². The highest BCUT2D eigenvalue weighted by Gasteiger charge is 2.12. The summed E-state index contributed by atoms with van der Waals surface area (Å²) in [6.45, 7) is 0. The summed E-state index contributed by atoms with van der Waals surface area (Å²) in [6, 6.07) is 12.9. The number of rotatable bonds is 2. The highest BCUT2D eigenvalue weighted by atomic mass is 19.1. The molecule has 0 bridgehead atoms. The molecule has 6 heteroatoms. The van der Waals surface area contributed by atoms with E-state index in [1.165, 1.54) is 6.07 Å². The van der Waals surface area contributed by atoms with Gasteiger partial charge in [-0.3, -0.25) is 10.0 Å². The molecule has 3 aromatic rings. The van der Waals surface area contributed by atoms with Crippen molar-refractivity contribution < 1.29 is 9.60 Å². The Morgan fingerprint density at radius 2 is 1.71 bits per heavy atom. The van der Waals surface area contributed by atoms with Gasteiger partial charge in [0.1, 0.15) is 5.82 Å². The highest BCUT2D eigenvalue weighted by Crippen LogP contribution is 2.27. The molecule has 5 nitrogen and oxygen atoms in total. The van der Waals surface area contributed by atoms with E-state index in [-0.39, 0.29) is 17.1 Å². The van der Waals surface area contributed by atoms with Crippen LogP contribution in [0.4, 0.5) is 10.2 Å². The molecule has 1 heterocycles. The minimum atomic E-state index is -0.726. The van der Waals surface area contributed by atoms with E-state index in [4.69, 9.17) is 5.21 Å². The average molecular weight is 283 g/mol. The van der Waals surface area contributed by atoms with Crippen LogP contribution in [-0.2, 0) is 0 Å². The molecule has 2 aromatic carbocycles. The quantitative estimate of drug-likeness (QED) is 0.707. The van der Waals surface area contributed by atoms with Crippen LogP contribution in [0.2, 0.25) is 0 Å². The van der Waals surface area contributed by atoms with Crippen LogP contribution in [0, 0.1) is 5.82 Å². The van der Waals surface area contributed by atoms with Crippen LogP contribution >= 0.6 is 0 Å². The summed E-state index contributed by atoms with van der Waals surface area (Å²) in [4.78, 5) is 19.7. The molecule has 0 saturated carbocycles. The van der Waals surface area contributed by atoms with Gasteiger partial charge in [0.05, 0.1) is 11.2 Å². The number of benzene rings is 2. The molecular formula is C15H10FN3O2. The summed E-state index contributed by atoms with van der Waals surface area (Å²) in [5.41, 5.74) is 1.81. The number of anilines is 1. The van der Waals surface area contributed by atoms with E-state index in [1.807, 2.05) is 0 Å². The maximum atomic E-state index is 14.0. The fourth-order valence-electron chi connectivity index (χ4n) is 2.08. The molecule has 0 unspecified atom stereocenters. The van der Waals surface area contributed by atoms with Crippen LogP contribution in [0.5, 0.6) is 0 Å². The van der Waals surface area contributed by atoms with Gasteiger partial charge in [-0.15, -0.1) is 0 Å². The minimum Gasteiger partial charge on any atom is -0.290 e. The molecule has 0 aliphatic heterocycles. The monoisotopic (exact) mass is 283 g/mol. The average Bonchev–Trinajstić information content (AvgIpc) is 2.64. The summed E-state index contributed by atoms with van der Waals surface area (Å²) in [5, 5.41) is 9.55. The zero-order valence-corrected chi connectivity index (χ0v) is 10.7. The maximum absolute atomic E-state index is 14.0. The predicted octanol–water partition coefficient (Wildman–Crippen LogP) is 2.60. The van der Waals surface area contributed by atoms with Gasteiger partial charge in [0.15, 0.2) is 0 Å². The molecule has 1 aromatic heterocycles. The largest absolute Gasteiger partial charge is 0.315 e. The van der Waals surface area contributed by atoms with Crippen LogP contribution < -0.4 is 11.0 Å². The molecule has 0 spiro atoms. The van der Waals surface area contributed by atoms with E-state index in [9.17, 15) is 9.18 Å². The number of nitrogens with one attached hydrogen (secondary N) is 1. The molecule has 0 amide bonds. The Bertz CT molecular complexity index is 884. The number of hydrogen-bond acceptors (Lipinski definition) is 5. The van der Waals surface area contributed by atoms with E-state index in [0.29, 0.717) is 10.9 Å². The van der Waals surface area contributed by atoms with Crippen molar-refractivity contribution in [2.75, 3.05) is 5.48 Å². The predicted molar refractivity (Wildman–Crippen MR) is 76.6 cm³/mol. The van der Waals surface area contributed by atoms with E-state index in [0.717, 1.165) is 0 Å². The fraction of sp³-hybridized carbons (Fsp3) is 0. The SMILES string of the molecule is O=c1nc2ccccc2c(-c2ccccc2F)nc1NO. The van der Waals surface area contributed by atoms with Crippen LogP contribution in [0.15, 0.2) is 53.3 Å². The van der Waals surface area contributed by atoms with Crippen molar-refractivity contribution in [3.05, 3.63) is 64.7 Å². The summed E-state index contributed by atoms with van der Waals surface area (Å²) in [7, 11) is 0. The van der Waals surface area contributed by atoms with E-state index >= 15 is 0 Å². The van der Waals surface area contributed by atoms with E-state index in [2.05, 4.69) is 9.97 Å². The van der Waals surface area contributed by atoms with Crippen molar-refractivity contribution >= 4 is 16.7 Å². The first-order valence-electron chi connectivity index (χ1n) is 6.17.